The molecule has 3 rings (SSSR count). The fraction of sp³-hybridized carbons (Fsp3) is 0.926. The van der Waals surface area contributed by atoms with Crippen molar-refractivity contribution in [3.8, 4) is 0 Å². The van der Waals surface area contributed by atoms with Gasteiger partial charge in [0.15, 0.2) is 0 Å². The van der Waals surface area contributed by atoms with E-state index in [0.717, 1.165) is 54.6 Å². The number of nitrogens with zero attached hydrogens (tertiary/aromatic N) is 1. The number of primary amides is 1. The number of carbonyl (C=O) groups excluding carboxylic acids is 1. The quantitative estimate of drug-likeness (QED) is 0.311. The van der Waals surface area contributed by atoms with Crippen LogP contribution < -0.4 is 5.73 Å². The minimum Gasteiger partial charge on any atom is -0.411 e. The molecule has 1 amide bonds. The second-order valence-corrected chi connectivity index (χ2v) is 12.2. The van der Waals surface area contributed by atoms with Crippen molar-refractivity contribution >= 4 is 11.6 Å². The number of hydrogen-bond donors (Lipinski definition) is 2. The van der Waals surface area contributed by atoms with E-state index in [4.69, 9.17) is 5.73 Å². The Balaban J connectivity index is 1.74. The molecular formula is C27H48N2O2. The highest BCUT2D eigenvalue weighted by molar-refractivity contribution is 5.90. The molecule has 3 fully saturated rings. The lowest BCUT2D eigenvalue weighted by atomic mass is 9.47. The second kappa shape index (κ2) is 9.83. The highest BCUT2D eigenvalue weighted by atomic mass is 16.4. The Morgan fingerprint density at radius 3 is 2.48 bits per heavy atom. The van der Waals surface area contributed by atoms with Crippen molar-refractivity contribution in [1.82, 2.24) is 0 Å². The second-order valence-electron chi connectivity index (χ2n) is 12.2. The first-order valence-corrected chi connectivity index (χ1v) is 13.1. The molecule has 178 valence electrons. The lowest BCUT2D eigenvalue weighted by molar-refractivity contribution is -0.118. The largest absolute Gasteiger partial charge is 0.411 e. The Morgan fingerprint density at radius 2 is 1.84 bits per heavy atom. The number of oxime groups is 1. The smallest absolute Gasteiger partial charge is 0.217 e. The Kier molecular flexibility index (Phi) is 7.79. The molecule has 0 aromatic rings. The molecule has 3 aliphatic carbocycles. The van der Waals surface area contributed by atoms with Crippen LogP contribution in [0, 0.1) is 46.3 Å². The predicted molar refractivity (Wildman–Crippen MR) is 128 cm³/mol. The molecule has 31 heavy (non-hydrogen) atoms. The summed E-state index contributed by atoms with van der Waals surface area (Å²) < 4.78 is 0. The summed E-state index contributed by atoms with van der Waals surface area (Å²) in [5, 5.41) is 13.6. The third kappa shape index (κ3) is 4.83. The molecule has 0 aliphatic heterocycles. The first kappa shape index (κ1) is 24.6. The monoisotopic (exact) mass is 432 g/mol. The van der Waals surface area contributed by atoms with Crippen LogP contribution >= 0.6 is 0 Å². The molecule has 4 nitrogen and oxygen atoms in total. The highest BCUT2D eigenvalue weighted by Gasteiger charge is 2.59. The molecule has 0 heterocycles. The van der Waals surface area contributed by atoms with Crippen LogP contribution in [0.4, 0.5) is 0 Å². The van der Waals surface area contributed by atoms with Gasteiger partial charge in [0.05, 0.1) is 5.71 Å². The highest BCUT2D eigenvalue weighted by Crippen LogP contribution is 2.66. The predicted octanol–water partition coefficient (Wildman–Crippen LogP) is 6.79. The van der Waals surface area contributed by atoms with E-state index in [0.29, 0.717) is 17.8 Å². The van der Waals surface area contributed by atoms with Crippen LogP contribution in [-0.4, -0.2) is 16.8 Å². The van der Waals surface area contributed by atoms with Gasteiger partial charge in [0.25, 0.3) is 0 Å². The molecule has 4 heteroatoms. The molecule has 0 aromatic heterocycles. The number of carbonyl (C=O) groups is 1. The molecule has 0 bridgehead atoms. The molecule has 7 atom stereocenters. The van der Waals surface area contributed by atoms with Crippen LogP contribution in [0.25, 0.3) is 0 Å². The standard InChI is InChI=1S/C27H48N2O2/c1-18(2)8-6-9-19(3)21-12-13-22-20-11-14-24(29-31)27(5,16-7-10-25(28)30)23(20)15-17-26(21,22)4/h18-23,31H,6-17H2,1-5H3,(H2,28,30)/t19-,20+,21-,22+,23+,26-,27-/m1/s1. The van der Waals surface area contributed by atoms with Gasteiger partial charge in [-0.1, -0.05) is 59.0 Å². The van der Waals surface area contributed by atoms with E-state index in [1.165, 1.54) is 51.4 Å². The number of hydrogen-bond acceptors (Lipinski definition) is 3. The third-order valence-electron chi connectivity index (χ3n) is 10.1. The fourth-order valence-electron chi connectivity index (χ4n) is 8.43. The van der Waals surface area contributed by atoms with Gasteiger partial charge in [0.2, 0.25) is 5.91 Å². The molecule has 3 aliphatic rings. The van der Waals surface area contributed by atoms with Crippen molar-refractivity contribution in [3.63, 3.8) is 0 Å². The Hall–Kier alpha value is -1.06. The van der Waals surface area contributed by atoms with Crippen molar-refractivity contribution < 1.29 is 10.0 Å². The fourth-order valence-corrected chi connectivity index (χ4v) is 8.43. The van der Waals surface area contributed by atoms with Crippen LogP contribution in [0.15, 0.2) is 5.16 Å². The minimum atomic E-state index is -0.222. The molecule has 0 aromatic carbocycles. The van der Waals surface area contributed by atoms with Gasteiger partial charge in [-0.3, -0.25) is 4.79 Å². The van der Waals surface area contributed by atoms with Gasteiger partial charge in [-0.05, 0) is 92.3 Å². The molecule has 3 saturated carbocycles. The van der Waals surface area contributed by atoms with E-state index < -0.39 is 0 Å². The van der Waals surface area contributed by atoms with Gasteiger partial charge in [0, 0.05) is 11.8 Å². The summed E-state index contributed by atoms with van der Waals surface area (Å²) in [5.74, 6) is 4.39. The topological polar surface area (TPSA) is 75.7 Å². The number of rotatable bonds is 9. The van der Waals surface area contributed by atoms with E-state index in [1.807, 2.05) is 0 Å². The van der Waals surface area contributed by atoms with Gasteiger partial charge in [-0.2, -0.15) is 0 Å². The van der Waals surface area contributed by atoms with Gasteiger partial charge < -0.3 is 10.9 Å². The molecule has 0 spiro atoms. The molecule has 3 N–H and O–H groups in total. The normalized spacial score (nSPS) is 40.0. The van der Waals surface area contributed by atoms with Crippen LogP contribution in [0.1, 0.15) is 112 Å². The maximum Gasteiger partial charge on any atom is 0.217 e. The first-order chi connectivity index (χ1) is 14.6. The average molecular weight is 433 g/mol. The Labute approximate surface area is 190 Å². The third-order valence-corrected chi connectivity index (χ3v) is 10.1. The van der Waals surface area contributed by atoms with E-state index in [2.05, 4.69) is 39.8 Å². The summed E-state index contributed by atoms with van der Waals surface area (Å²) in [5.41, 5.74) is 6.77. The summed E-state index contributed by atoms with van der Waals surface area (Å²) >= 11 is 0. The number of amides is 1. The zero-order valence-electron chi connectivity index (χ0n) is 20.8. The lowest BCUT2D eigenvalue weighted by Crippen LogP contribution is -2.52. The average Bonchev–Trinajstić information content (AvgIpc) is 3.05. The van der Waals surface area contributed by atoms with E-state index in [9.17, 15) is 10.0 Å². The molecule has 0 unspecified atom stereocenters. The zero-order chi connectivity index (χ0) is 22.8. The van der Waals surface area contributed by atoms with Crippen molar-refractivity contribution in [2.45, 2.75) is 112 Å². The number of fused-ring (bicyclic) bond motifs is 3. The van der Waals surface area contributed by atoms with Crippen LogP contribution in [0.2, 0.25) is 0 Å². The van der Waals surface area contributed by atoms with Crippen molar-refractivity contribution in [2.24, 2.45) is 57.2 Å². The maximum absolute atomic E-state index is 11.3. The molecule has 0 radical (unpaired) electrons. The van der Waals surface area contributed by atoms with Gasteiger partial charge >= 0.3 is 0 Å². The summed E-state index contributed by atoms with van der Waals surface area (Å²) in [4.78, 5) is 11.3. The maximum atomic E-state index is 11.3. The molecule has 0 saturated heterocycles. The molecular weight excluding hydrogens is 384 g/mol. The van der Waals surface area contributed by atoms with E-state index >= 15 is 0 Å². The Bertz CT molecular complexity index is 660. The summed E-state index contributed by atoms with van der Waals surface area (Å²) in [6, 6.07) is 0. The van der Waals surface area contributed by atoms with Gasteiger partial charge in [-0.25, -0.2) is 0 Å². The van der Waals surface area contributed by atoms with Crippen LogP contribution in [0.3, 0.4) is 0 Å². The number of nitrogens with two attached hydrogens (primary N) is 1. The summed E-state index contributed by atoms with van der Waals surface area (Å²) in [6.07, 6.45) is 13.6. The van der Waals surface area contributed by atoms with Crippen LogP contribution in [0.5, 0.6) is 0 Å². The van der Waals surface area contributed by atoms with E-state index in [1.54, 1.807) is 0 Å². The SMILES string of the molecule is CC(C)CCC[C@@H](C)[C@H]1CC[C@H]2[C@@H]3CCC(=NO)[C@](C)(CCCC(N)=O)[C@H]3CC[C@]12C. The van der Waals surface area contributed by atoms with E-state index in [-0.39, 0.29) is 11.3 Å². The zero-order valence-corrected chi connectivity index (χ0v) is 20.8. The Morgan fingerprint density at radius 1 is 1.10 bits per heavy atom. The first-order valence-electron chi connectivity index (χ1n) is 13.1. The van der Waals surface area contributed by atoms with Gasteiger partial charge in [-0.15, -0.1) is 0 Å². The van der Waals surface area contributed by atoms with Crippen molar-refractivity contribution in [3.05, 3.63) is 0 Å². The lowest BCUT2D eigenvalue weighted by Gasteiger charge is -2.57. The van der Waals surface area contributed by atoms with Crippen LogP contribution in [-0.2, 0) is 4.79 Å². The minimum absolute atomic E-state index is 0.0879. The van der Waals surface area contributed by atoms with Gasteiger partial charge in [0.1, 0.15) is 0 Å². The van der Waals surface area contributed by atoms with Crippen molar-refractivity contribution in [2.75, 3.05) is 0 Å². The van der Waals surface area contributed by atoms with Crippen molar-refractivity contribution in [1.29, 1.82) is 0 Å². The summed E-state index contributed by atoms with van der Waals surface area (Å²) in [7, 11) is 0. The summed E-state index contributed by atoms with van der Waals surface area (Å²) in [6.45, 7) is 12.1.